The van der Waals surface area contributed by atoms with Gasteiger partial charge < -0.3 is 15.0 Å². The highest BCUT2D eigenvalue weighted by molar-refractivity contribution is 7.92. The Bertz CT molecular complexity index is 1420. The monoisotopic (exact) mass is 589 g/mol. The summed E-state index contributed by atoms with van der Waals surface area (Å²) in [7, 11) is -2.79. The van der Waals surface area contributed by atoms with Crippen LogP contribution in [0.3, 0.4) is 0 Å². The number of ether oxygens (including phenoxy) is 1. The predicted molar refractivity (Wildman–Crippen MR) is 153 cm³/mol. The number of rotatable bonds is 12. The van der Waals surface area contributed by atoms with Gasteiger partial charge in [-0.3, -0.25) is 13.9 Å². The molecule has 0 aliphatic carbocycles. The number of amides is 2. The summed E-state index contributed by atoms with van der Waals surface area (Å²) in [6, 6.07) is 16.4. The first-order valence-electron chi connectivity index (χ1n) is 12.7. The van der Waals surface area contributed by atoms with Crippen molar-refractivity contribution in [2.75, 3.05) is 18.0 Å². The van der Waals surface area contributed by atoms with Crippen LogP contribution in [-0.2, 0) is 26.2 Å². The maximum atomic E-state index is 14.0. The minimum atomic E-state index is -4.25. The lowest BCUT2D eigenvalue weighted by molar-refractivity contribution is -0.140. The molecule has 0 aliphatic rings. The number of nitrogens with one attached hydrogen (secondary N) is 1. The number of methoxy groups -OCH3 is 1. The van der Waals surface area contributed by atoms with E-state index in [1.807, 2.05) is 0 Å². The summed E-state index contributed by atoms with van der Waals surface area (Å²) < 4.78 is 47.4. The van der Waals surface area contributed by atoms with Crippen LogP contribution in [0.2, 0.25) is 5.02 Å². The summed E-state index contributed by atoms with van der Waals surface area (Å²) in [6.45, 7) is 4.73. The van der Waals surface area contributed by atoms with Crippen molar-refractivity contribution >= 4 is 39.1 Å². The van der Waals surface area contributed by atoms with Gasteiger partial charge in [-0.25, -0.2) is 12.8 Å². The Hall–Kier alpha value is -3.63. The Labute approximate surface area is 239 Å². The van der Waals surface area contributed by atoms with Crippen molar-refractivity contribution in [2.24, 2.45) is 0 Å². The van der Waals surface area contributed by atoms with E-state index in [1.54, 1.807) is 32.9 Å². The first kappa shape index (κ1) is 30.9. The molecular weight excluding hydrogens is 557 g/mol. The maximum Gasteiger partial charge on any atom is 0.264 e. The summed E-state index contributed by atoms with van der Waals surface area (Å²) in [5.74, 6) is -0.965. The van der Waals surface area contributed by atoms with E-state index in [1.165, 1.54) is 72.7 Å². The number of carbonyl (C=O) groups is 2. The third kappa shape index (κ3) is 7.73. The molecule has 3 aromatic carbocycles. The maximum absolute atomic E-state index is 14.0. The van der Waals surface area contributed by atoms with Gasteiger partial charge in [-0.05, 0) is 80.4 Å². The molecule has 0 bridgehead atoms. The summed E-state index contributed by atoms with van der Waals surface area (Å²) in [6.07, 6.45) is 0.272. The fraction of sp³-hybridized carbons (Fsp3) is 0.310. The largest absolute Gasteiger partial charge is 0.497 e. The highest BCUT2D eigenvalue weighted by Crippen LogP contribution is 2.28. The summed E-state index contributed by atoms with van der Waals surface area (Å²) in [4.78, 5) is 28.4. The molecule has 3 rings (SSSR count). The lowest BCUT2D eigenvalue weighted by atomic mass is 10.1. The van der Waals surface area contributed by atoms with Crippen molar-refractivity contribution in [1.29, 1.82) is 0 Å². The molecule has 0 aromatic heterocycles. The molecule has 0 unspecified atom stereocenters. The number of carbonyl (C=O) groups excluding carboxylic acids is 2. The second kappa shape index (κ2) is 13.6. The third-order valence-corrected chi connectivity index (χ3v) is 8.13. The number of sulfonamides is 1. The van der Waals surface area contributed by atoms with Crippen molar-refractivity contribution in [3.63, 3.8) is 0 Å². The fourth-order valence-corrected chi connectivity index (χ4v) is 5.71. The Morgan fingerprint density at radius 2 is 1.68 bits per heavy atom. The Morgan fingerprint density at radius 1 is 1.02 bits per heavy atom. The number of halogens is 2. The molecule has 214 valence electrons. The molecule has 0 aliphatic heterocycles. The van der Waals surface area contributed by atoms with E-state index >= 15 is 0 Å². The number of hydrogen-bond acceptors (Lipinski definition) is 5. The topological polar surface area (TPSA) is 96.0 Å². The van der Waals surface area contributed by atoms with Crippen LogP contribution in [0.4, 0.5) is 10.1 Å². The Kier molecular flexibility index (Phi) is 10.5. The van der Waals surface area contributed by atoms with Gasteiger partial charge in [0.25, 0.3) is 10.0 Å². The van der Waals surface area contributed by atoms with Crippen LogP contribution in [0, 0.1) is 5.82 Å². The predicted octanol–water partition coefficient (Wildman–Crippen LogP) is 5.02. The number of hydrogen-bond donors (Lipinski definition) is 1. The van der Waals surface area contributed by atoms with Crippen molar-refractivity contribution in [2.45, 2.75) is 50.7 Å². The SMILES string of the molecule is CC[C@@H](C(=O)NC(C)C)N(Cc1ccc(F)cc1)C(=O)CN(c1cccc(Cl)c1)S(=O)(=O)c1ccc(OC)cc1. The van der Waals surface area contributed by atoms with E-state index in [4.69, 9.17) is 16.3 Å². The molecule has 40 heavy (non-hydrogen) atoms. The molecule has 0 saturated heterocycles. The molecule has 1 N–H and O–H groups in total. The molecule has 0 saturated carbocycles. The molecule has 8 nitrogen and oxygen atoms in total. The number of nitrogens with zero attached hydrogens (tertiary/aromatic N) is 2. The minimum absolute atomic E-state index is 0.0326. The Balaban J connectivity index is 2.06. The van der Waals surface area contributed by atoms with Crippen LogP contribution < -0.4 is 14.4 Å². The van der Waals surface area contributed by atoms with Crippen LogP contribution in [0.5, 0.6) is 5.75 Å². The highest BCUT2D eigenvalue weighted by atomic mass is 35.5. The van der Waals surface area contributed by atoms with Crippen LogP contribution in [0.25, 0.3) is 0 Å². The normalized spacial score (nSPS) is 12.1. The van der Waals surface area contributed by atoms with Gasteiger partial charge >= 0.3 is 0 Å². The van der Waals surface area contributed by atoms with Gasteiger partial charge in [0.15, 0.2) is 0 Å². The van der Waals surface area contributed by atoms with Crippen molar-refractivity contribution in [3.8, 4) is 5.75 Å². The van der Waals surface area contributed by atoms with Crippen LogP contribution in [-0.4, -0.2) is 50.9 Å². The van der Waals surface area contributed by atoms with E-state index in [9.17, 15) is 22.4 Å². The van der Waals surface area contributed by atoms with Gasteiger partial charge in [0.05, 0.1) is 17.7 Å². The van der Waals surface area contributed by atoms with E-state index < -0.39 is 34.3 Å². The average Bonchev–Trinajstić information content (AvgIpc) is 2.92. The van der Waals surface area contributed by atoms with E-state index in [0.29, 0.717) is 11.3 Å². The number of anilines is 1. The summed E-state index contributed by atoms with van der Waals surface area (Å²) in [5.41, 5.74) is 0.760. The van der Waals surface area contributed by atoms with Crippen LogP contribution in [0.1, 0.15) is 32.8 Å². The van der Waals surface area contributed by atoms with Crippen LogP contribution in [0.15, 0.2) is 77.7 Å². The molecule has 3 aromatic rings. The first-order valence-corrected chi connectivity index (χ1v) is 14.5. The molecule has 11 heteroatoms. The van der Waals surface area contributed by atoms with Gasteiger partial charge in [0.1, 0.15) is 24.2 Å². The van der Waals surface area contributed by atoms with E-state index in [2.05, 4.69) is 5.32 Å². The minimum Gasteiger partial charge on any atom is -0.497 e. The van der Waals surface area contributed by atoms with Gasteiger partial charge in [0.2, 0.25) is 11.8 Å². The zero-order valence-electron chi connectivity index (χ0n) is 22.8. The Morgan fingerprint density at radius 3 is 2.23 bits per heavy atom. The lowest BCUT2D eigenvalue weighted by Gasteiger charge is -2.33. The average molecular weight is 590 g/mol. The van der Waals surface area contributed by atoms with Gasteiger partial charge in [0, 0.05) is 17.6 Å². The third-order valence-electron chi connectivity index (χ3n) is 6.11. The molecule has 0 fully saturated rings. The van der Waals surface area contributed by atoms with Gasteiger partial charge in [-0.2, -0.15) is 0 Å². The standard InChI is InChI=1S/C29H33ClFN3O5S/c1-5-27(29(36)32-20(2)3)33(18-21-9-11-23(31)12-10-21)28(35)19-34(24-8-6-7-22(30)17-24)40(37,38)26-15-13-25(39-4)14-16-26/h6-17,20,27H,5,18-19H2,1-4H3,(H,32,36)/t27-/m0/s1. The first-order chi connectivity index (χ1) is 19.0. The molecule has 1 atom stereocenters. The molecule has 0 heterocycles. The van der Waals surface area contributed by atoms with Crippen molar-refractivity contribution < 1.29 is 27.1 Å². The van der Waals surface area contributed by atoms with Gasteiger partial charge in [-0.1, -0.05) is 36.7 Å². The van der Waals surface area contributed by atoms with Crippen molar-refractivity contribution in [1.82, 2.24) is 10.2 Å². The fourth-order valence-electron chi connectivity index (χ4n) is 4.12. The second-order valence-corrected chi connectivity index (χ2v) is 11.7. The second-order valence-electron chi connectivity index (χ2n) is 9.40. The number of benzene rings is 3. The zero-order valence-corrected chi connectivity index (χ0v) is 24.4. The van der Waals surface area contributed by atoms with E-state index in [0.717, 1.165) is 4.31 Å². The molecular formula is C29H33ClFN3O5S. The van der Waals surface area contributed by atoms with E-state index in [-0.39, 0.29) is 40.5 Å². The highest BCUT2D eigenvalue weighted by Gasteiger charge is 2.34. The summed E-state index contributed by atoms with van der Waals surface area (Å²) in [5, 5.41) is 3.11. The smallest absolute Gasteiger partial charge is 0.264 e. The summed E-state index contributed by atoms with van der Waals surface area (Å²) >= 11 is 6.19. The molecule has 0 spiro atoms. The van der Waals surface area contributed by atoms with Crippen molar-refractivity contribution in [3.05, 3.63) is 89.2 Å². The molecule has 2 amide bonds. The van der Waals surface area contributed by atoms with Gasteiger partial charge in [-0.15, -0.1) is 0 Å². The zero-order chi connectivity index (χ0) is 29.4. The van der Waals surface area contributed by atoms with Crippen LogP contribution >= 0.6 is 11.6 Å². The lowest BCUT2D eigenvalue weighted by Crippen LogP contribution is -2.53. The quantitative estimate of drug-likeness (QED) is 0.320. The molecule has 0 radical (unpaired) electrons.